The van der Waals surface area contributed by atoms with E-state index in [1.807, 2.05) is 32.0 Å². The molecule has 5 nitrogen and oxygen atoms in total. The molecule has 0 saturated carbocycles. The Kier molecular flexibility index (Phi) is 7.20. The molecule has 7 heteroatoms. The standard InChI is InChI=1S/C24H25FN2O3S/c1-3-20-9-7-8-18(2)24(20)26-23(28)17-27(16-19-12-14-21(25)15-13-19)31(29,30)22-10-5-4-6-11-22/h4-15H,3,16-17H2,1-2H3,(H,26,28). The van der Waals surface area contributed by atoms with Crippen LogP contribution in [0.4, 0.5) is 10.1 Å². The number of sulfonamides is 1. The highest BCUT2D eigenvalue weighted by atomic mass is 32.2. The first-order chi connectivity index (χ1) is 14.8. The second-order valence-corrected chi connectivity index (χ2v) is 9.16. The van der Waals surface area contributed by atoms with Crippen LogP contribution in [-0.2, 0) is 27.8 Å². The summed E-state index contributed by atoms with van der Waals surface area (Å²) in [5.74, 6) is -0.851. The molecule has 3 aromatic rings. The number of halogens is 1. The first kappa shape index (κ1) is 22.7. The van der Waals surface area contributed by atoms with E-state index in [0.29, 0.717) is 11.3 Å². The summed E-state index contributed by atoms with van der Waals surface area (Å²) in [5, 5.41) is 2.87. The number of nitrogens with one attached hydrogen (secondary N) is 1. The molecule has 0 aromatic heterocycles. The predicted octanol–water partition coefficient (Wildman–Crippen LogP) is 4.53. The summed E-state index contributed by atoms with van der Waals surface area (Å²) in [6.07, 6.45) is 0.735. The quantitative estimate of drug-likeness (QED) is 0.560. The Morgan fingerprint density at radius 3 is 2.29 bits per heavy atom. The largest absolute Gasteiger partial charge is 0.324 e. The number of aryl methyl sites for hydroxylation is 2. The third-order valence-corrected chi connectivity index (χ3v) is 6.78. The zero-order valence-electron chi connectivity index (χ0n) is 17.5. The van der Waals surface area contributed by atoms with Crippen LogP contribution in [0.1, 0.15) is 23.6 Å². The van der Waals surface area contributed by atoms with E-state index < -0.39 is 21.7 Å². The molecule has 0 atom stereocenters. The van der Waals surface area contributed by atoms with Crippen molar-refractivity contribution in [3.8, 4) is 0 Å². The smallest absolute Gasteiger partial charge is 0.243 e. The van der Waals surface area contributed by atoms with Gasteiger partial charge in [-0.1, -0.05) is 55.5 Å². The summed E-state index contributed by atoms with van der Waals surface area (Å²) in [4.78, 5) is 13.0. The van der Waals surface area contributed by atoms with Gasteiger partial charge in [-0.3, -0.25) is 4.79 Å². The number of carbonyl (C=O) groups is 1. The van der Waals surface area contributed by atoms with Crippen molar-refractivity contribution in [2.75, 3.05) is 11.9 Å². The molecule has 0 saturated heterocycles. The molecule has 0 fully saturated rings. The minimum atomic E-state index is -3.94. The average Bonchev–Trinajstić information content (AvgIpc) is 2.76. The molecule has 31 heavy (non-hydrogen) atoms. The molecule has 162 valence electrons. The number of rotatable bonds is 8. The molecule has 0 aliphatic heterocycles. The van der Waals surface area contributed by atoms with Gasteiger partial charge in [-0.15, -0.1) is 0 Å². The molecular weight excluding hydrogens is 415 g/mol. The lowest BCUT2D eigenvalue weighted by molar-refractivity contribution is -0.116. The van der Waals surface area contributed by atoms with E-state index in [9.17, 15) is 17.6 Å². The van der Waals surface area contributed by atoms with Crippen LogP contribution in [0, 0.1) is 12.7 Å². The lowest BCUT2D eigenvalue weighted by Crippen LogP contribution is -2.37. The number of hydrogen-bond acceptors (Lipinski definition) is 3. The summed E-state index contributed by atoms with van der Waals surface area (Å²) >= 11 is 0. The van der Waals surface area contributed by atoms with Crippen LogP contribution in [-0.4, -0.2) is 25.2 Å². The SMILES string of the molecule is CCc1cccc(C)c1NC(=O)CN(Cc1ccc(F)cc1)S(=O)(=O)c1ccccc1. The van der Waals surface area contributed by atoms with Gasteiger partial charge in [0.2, 0.25) is 15.9 Å². The van der Waals surface area contributed by atoms with Gasteiger partial charge in [-0.05, 0) is 54.3 Å². The Morgan fingerprint density at radius 2 is 1.65 bits per heavy atom. The van der Waals surface area contributed by atoms with Crippen molar-refractivity contribution in [2.45, 2.75) is 31.7 Å². The Labute approximate surface area is 182 Å². The lowest BCUT2D eigenvalue weighted by Gasteiger charge is -2.23. The van der Waals surface area contributed by atoms with Crippen LogP contribution in [0.3, 0.4) is 0 Å². The van der Waals surface area contributed by atoms with E-state index in [-0.39, 0.29) is 18.0 Å². The number of carbonyl (C=O) groups excluding carboxylic acids is 1. The van der Waals surface area contributed by atoms with Crippen LogP contribution in [0.5, 0.6) is 0 Å². The first-order valence-corrected chi connectivity index (χ1v) is 11.4. The van der Waals surface area contributed by atoms with Crippen LogP contribution >= 0.6 is 0 Å². The molecule has 0 aliphatic rings. The van der Waals surface area contributed by atoms with Crippen LogP contribution in [0.15, 0.2) is 77.7 Å². The van der Waals surface area contributed by atoms with Gasteiger partial charge < -0.3 is 5.32 Å². The normalized spacial score (nSPS) is 11.5. The van der Waals surface area contributed by atoms with Gasteiger partial charge in [-0.25, -0.2) is 12.8 Å². The van der Waals surface area contributed by atoms with Crippen molar-refractivity contribution in [3.05, 3.63) is 95.3 Å². The van der Waals surface area contributed by atoms with E-state index in [1.54, 1.807) is 18.2 Å². The number of benzene rings is 3. The second kappa shape index (κ2) is 9.85. The fourth-order valence-corrected chi connectivity index (χ4v) is 4.71. The summed E-state index contributed by atoms with van der Waals surface area (Å²) in [7, 11) is -3.94. The van der Waals surface area contributed by atoms with E-state index in [2.05, 4.69) is 5.32 Å². The van der Waals surface area contributed by atoms with Crippen molar-refractivity contribution < 1.29 is 17.6 Å². The minimum absolute atomic E-state index is 0.0562. The van der Waals surface area contributed by atoms with Crippen molar-refractivity contribution in [1.29, 1.82) is 0 Å². The lowest BCUT2D eigenvalue weighted by atomic mass is 10.1. The van der Waals surface area contributed by atoms with Gasteiger partial charge in [0.05, 0.1) is 11.4 Å². The molecule has 0 radical (unpaired) electrons. The molecule has 1 amide bonds. The maximum absolute atomic E-state index is 13.3. The van der Waals surface area contributed by atoms with Crippen molar-refractivity contribution >= 4 is 21.6 Å². The maximum Gasteiger partial charge on any atom is 0.243 e. The Morgan fingerprint density at radius 1 is 0.968 bits per heavy atom. The molecular formula is C24H25FN2O3S. The fourth-order valence-electron chi connectivity index (χ4n) is 3.30. The maximum atomic E-state index is 13.3. The van der Waals surface area contributed by atoms with Crippen LogP contribution < -0.4 is 5.32 Å². The van der Waals surface area contributed by atoms with E-state index in [0.717, 1.165) is 21.9 Å². The zero-order valence-corrected chi connectivity index (χ0v) is 18.3. The number of nitrogens with zero attached hydrogens (tertiary/aromatic N) is 1. The summed E-state index contributed by atoms with van der Waals surface area (Å²) in [5.41, 5.74) is 3.17. The molecule has 0 heterocycles. The van der Waals surface area contributed by atoms with E-state index in [1.165, 1.54) is 36.4 Å². The molecule has 1 N–H and O–H groups in total. The molecule has 3 aromatic carbocycles. The van der Waals surface area contributed by atoms with Crippen LogP contribution in [0.2, 0.25) is 0 Å². The fraction of sp³-hybridized carbons (Fsp3) is 0.208. The van der Waals surface area contributed by atoms with E-state index >= 15 is 0 Å². The third-order valence-electron chi connectivity index (χ3n) is 4.98. The summed E-state index contributed by atoms with van der Waals surface area (Å²) in [6.45, 7) is 3.46. The van der Waals surface area contributed by atoms with Crippen molar-refractivity contribution in [3.63, 3.8) is 0 Å². The number of hydrogen-bond donors (Lipinski definition) is 1. The molecule has 0 unspecified atom stereocenters. The number of para-hydroxylation sites is 1. The number of anilines is 1. The predicted molar refractivity (Wildman–Crippen MR) is 120 cm³/mol. The Bertz CT molecular complexity index is 1150. The highest BCUT2D eigenvalue weighted by Crippen LogP contribution is 2.22. The highest BCUT2D eigenvalue weighted by molar-refractivity contribution is 7.89. The summed E-state index contributed by atoms with van der Waals surface area (Å²) in [6, 6.07) is 19.3. The molecule has 3 rings (SSSR count). The van der Waals surface area contributed by atoms with Crippen LogP contribution in [0.25, 0.3) is 0 Å². The zero-order chi connectivity index (χ0) is 22.4. The van der Waals surface area contributed by atoms with Gasteiger partial charge in [0.25, 0.3) is 0 Å². The van der Waals surface area contributed by atoms with Gasteiger partial charge >= 0.3 is 0 Å². The van der Waals surface area contributed by atoms with Gasteiger partial charge in [0.1, 0.15) is 5.82 Å². The van der Waals surface area contributed by atoms with E-state index in [4.69, 9.17) is 0 Å². The average molecular weight is 441 g/mol. The molecule has 0 bridgehead atoms. The first-order valence-electron chi connectivity index (χ1n) is 9.99. The third kappa shape index (κ3) is 5.57. The number of amides is 1. The highest BCUT2D eigenvalue weighted by Gasteiger charge is 2.27. The van der Waals surface area contributed by atoms with Gasteiger partial charge in [-0.2, -0.15) is 4.31 Å². The Balaban J connectivity index is 1.89. The molecule has 0 spiro atoms. The topological polar surface area (TPSA) is 66.5 Å². The summed E-state index contributed by atoms with van der Waals surface area (Å²) < 4.78 is 40.9. The van der Waals surface area contributed by atoms with Crippen molar-refractivity contribution in [2.24, 2.45) is 0 Å². The van der Waals surface area contributed by atoms with Crippen molar-refractivity contribution in [1.82, 2.24) is 4.31 Å². The monoisotopic (exact) mass is 440 g/mol. The Hall–Kier alpha value is -3.03. The minimum Gasteiger partial charge on any atom is -0.324 e. The van der Waals surface area contributed by atoms with Gasteiger partial charge in [0.15, 0.2) is 0 Å². The second-order valence-electron chi connectivity index (χ2n) is 7.22. The van der Waals surface area contributed by atoms with Gasteiger partial charge in [0, 0.05) is 12.2 Å². The molecule has 0 aliphatic carbocycles.